The maximum atomic E-state index is 13.9. The summed E-state index contributed by atoms with van der Waals surface area (Å²) in [5.41, 5.74) is -4.84. The summed E-state index contributed by atoms with van der Waals surface area (Å²) in [5.74, 6) is -13.5. The SMILES string of the molecule is CC(C)CC1(C(=O)O)CC(C(=O)O)C(c2cc3ccccc3o2)N1C(=O)c1cccc(C(F)(F)F)c1.CC(C)CC1(C(=O)O)CC(C(=O)O)C(c2nccs2)N1C(=O)c1ccc(Cl)c(Cl)c1.CCc1ccc(C(=O)N2C(c3nccs3)C(C(=O)O)CC2(CC(C)C)C(=O)O)cc1. The number of hydrogen-bond acceptors (Lipinski definition) is 14. The third kappa shape index (κ3) is 14.7. The van der Waals surface area contributed by atoms with Gasteiger partial charge >= 0.3 is 42.0 Å². The van der Waals surface area contributed by atoms with Crippen LogP contribution in [0, 0.1) is 35.5 Å². The van der Waals surface area contributed by atoms with Crippen molar-refractivity contribution in [1.82, 2.24) is 24.7 Å². The van der Waals surface area contributed by atoms with Crippen LogP contribution in [-0.4, -0.2) is 125 Å². The van der Waals surface area contributed by atoms with Gasteiger partial charge in [0.1, 0.15) is 44.0 Å². The Bertz CT molecular complexity index is 4020. The van der Waals surface area contributed by atoms with Crippen molar-refractivity contribution in [3.8, 4) is 0 Å². The maximum Gasteiger partial charge on any atom is 0.416 e. The number of carbonyl (C=O) groups excluding carboxylic acids is 3. The summed E-state index contributed by atoms with van der Waals surface area (Å²) in [6.07, 6.45) is -1.52. The van der Waals surface area contributed by atoms with E-state index >= 15 is 0 Å². The van der Waals surface area contributed by atoms with Crippen molar-refractivity contribution >= 4 is 110 Å². The normalized spacial score (nSPS) is 23.2. The molecule has 3 saturated heterocycles. The fourth-order valence-corrected chi connectivity index (χ4v) is 15.5. The summed E-state index contributed by atoms with van der Waals surface area (Å²) in [6, 6.07) is 20.0. The molecular weight excluding hydrogens is 1330 g/mol. The Morgan fingerprint density at radius 3 is 1.34 bits per heavy atom. The number of carboxylic acids is 6. The molecule has 3 aliphatic rings. The van der Waals surface area contributed by atoms with Gasteiger partial charge in [-0.1, -0.05) is 108 Å². The minimum atomic E-state index is -4.73. The fourth-order valence-electron chi connectivity index (χ4n) is 13.7. The monoisotopic (exact) mass is 1400 g/mol. The van der Waals surface area contributed by atoms with Gasteiger partial charge in [0.15, 0.2) is 0 Å². The fraction of sp³-hybridized carbons (Fsp3) is 0.397. The molecule has 3 aromatic heterocycles. The maximum absolute atomic E-state index is 13.9. The predicted molar refractivity (Wildman–Crippen MR) is 348 cm³/mol. The number of amides is 3. The highest BCUT2D eigenvalue weighted by Crippen LogP contribution is 2.55. The Morgan fingerprint density at radius 2 is 0.958 bits per heavy atom. The van der Waals surface area contributed by atoms with E-state index in [1.807, 2.05) is 46.8 Å². The lowest BCUT2D eigenvalue weighted by atomic mass is 9.83. The van der Waals surface area contributed by atoms with Gasteiger partial charge in [0.25, 0.3) is 17.7 Å². The van der Waals surface area contributed by atoms with Gasteiger partial charge in [-0.15, -0.1) is 22.7 Å². The highest BCUT2D eigenvalue weighted by molar-refractivity contribution is 7.09. The third-order valence-electron chi connectivity index (χ3n) is 17.4. The van der Waals surface area contributed by atoms with Crippen molar-refractivity contribution < 1.29 is 91.4 Å². The molecule has 3 aliphatic heterocycles. The van der Waals surface area contributed by atoms with Gasteiger partial charge in [0.2, 0.25) is 0 Å². The number of alkyl halides is 3. The van der Waals surface area contributed by atoms with Crippen LogP contribution in [0.15, 0.2) is 125 Å². The van der Waals surface area contributed by atoms with Gasteiger partial charge in [-0.25, -0.2) is 24.4 Å². The molecule has 0 radical (unpaired) electrons. The van der Waals surface area contributed by atoms with E-state index < -0.39 is 130 Å². The van der Waals surface area contributed by atoms with E-state index in [0.29, 0.717) is 32.6 Å². The molecule has 6 heterocycles. The van der Waals surface area contributed by atoms with Gasteiger partial charge in [-0.05, 0) is 129 Å². The molecule has 4 aromatic carbocycles. The molecule has 0 spiro atoms. The molecule has 3 amide bonds. The number of carbonyl (C=O) groups is 9. The second-order valence-electron chi connectivity index (χ2n) is 25.3. The zero-order valence-electron chi connectivity index (χ0n) is 52.9. The van der Waals surface area contributed by atoms with E-state index in [1.165, 1.54) is 62.9 Å². The largest absolute Gasteiger partial charge is 0.481 e. The molecule has 510 valence electrons. The average Bonchev–Trinajstić information content (AvgIpc) is 1.58. The summed E-state index contributed by atoms with van der Waals surface area (Å²) < 4.78 is 46.0. The van der Waals surface area contributed by atoms with E-state index in [-0.39, 0.29) is 71.2 Å². The quantitative estimate of drug-likeness (QED) is 0.0438. The first-order valence-corrected chi connectivity index (χ1v) is 33.0. The van der Waals surface area contributed by atoms with Crippen LogP contribution in [-0.2, 0) is 41.4 Å². The van der Waals surface area contributed by atoms with Crippen molar-refractivity contribution in [2.45, 2.75) is 134 Å². The topological polar surface area (TPSA) is 324 Å². The van der Waals surface area contributed by atoms with Crippen LogP contribution in [0.3, 0.4) is 0 Å². The van der Waals surface area contributed by atoms with Crippen LogP contribution in [0.25, 0.3) is 11.0 Å². The molecule has 0 saturated carbocycles. The van der Waals surface area contributed by atoms with Crippen molar-refractivity contribution in [2.75, 3.05) is 0 Å². The summed E-state index contributed by atoms with van der Waals surface area (Å²) in [5, 5.41) is 65.9. The van der Waals surface area contributed by atoms with Gasteiger partial charge in [0, 0.05) is 45.2 Å². The lowest BCUT2D eigenvalue weighted by Crippen LogP contribution is -2.54. The van der Waals surface area contributed by atoms with Gasteiger partial charge < -0.3 is 49.8 Å². The summed E-state index contributed by atoms with van der Waals surface area (Å²) in [4.78, 5) is 128. The first-order valence-electron chi connectivity index (χ1n) is 30.5. The van der Waals surface area contributed by atoms with E-state index in [2.05, 4.69) is 9.97 Å². The van der Waals surface area contributed by atoms with Crippen molar-refractivity contribution in [2.24, 2.45) is 35.5 Å². The molecule has 10 rings (SSSR count). The Morgan fingerprint density at radius 1 is 0.542 bits per heavy atom. The number of nitrogens with zero attached hydrogens (tertiary/aromatic N) is 5. The predicted octanol–water partition coefficient (Wildman–Crippen LogP) is 14.1. The highest BCUT2D eigenvalue weighted by atomic mass is 35.5. The molecule has 21 nitrogen and oxygen atoms in total. The van der Waals surface area contributed by atoms with Gasteiger partial charge in [0.05, 0.1) is 45.4 Å². The van der Waals surface area contributed by atoms with E-state index in [1.54, 1.807) is 67.2 Å². The lowest BCUT2D eigenvalue weighted by molar-refractivity contribution is -0.151. The average molecular weight is 1410 g/mol. The van der Waals surface area contributed by atoms with Crippen LogP contribution < -0.4 is 0 Å². The Labute approximate surface area is 567 Å². The molecule has 28 heteroatoms. The summed E-state index contributed by atoms with van der Waals surface area (Å²) in [6.45, 7) is 12.9. The molecule has 0 aliphatic carbocycles. The molecule has 7 aromatic rings. The van der Waals surface area contributed by atoms with E-state index in [4.69, 9.17) is 27.6 Å². The van der Waals surface area contributed by atoms with Crippen LogP contribution in [0.1, 0.15) is 163 Å². The van der Waals surface area contributed by atoms with E-state index in [9.17, 15) is 87.0 Å². The van der Waals surface area contributed by atoms with Crippen molar-refractivity contribution in [3.05, 3.63) is 174 Å². The Balaban J connectivity index is 0.000000185. The third-order valence-corrected chi connectivity index (χ3v) is 19.9. The van der Waals surface area contributed by atoms with Crippen LogP contribution in [0.2, 0.25) is 10.0 Å². The van der Waals surface area contributed by atoms with Gasteiger partial charge in [-0.3, -0.25) is 28.8 Å². The molecule has 9 unspecified atom stereocenters. The highest BCUT2D eigenvalue weighted by Gasteiger charge is 2.65. The molecule has 3 fully saturated rings. The second-order valence-corrected chi connectivity index (χ2v) is 28.0. The number of thiazole rings is 2. The first-order chi connectivity index (χ1) is 45.1. The number of likely N-dealkylation sites (tertiary alicyclic amines) is 3. The molecule has 0 bridgehead atoms. The standard InChI is InChI=1S/C26H24F3NO6.C22H26N2O5S.C20H20Cl2N2O5S/c1-14(2)12-25(24(34)35)13-18(23(32)33)21(20-11-15-6-3-4-9-19(15)36-20)30(25)22(31)16-7-5-8-17(10-16)26(27,28)29;1-4-14-5-7-15(8-6-14)19(25)24-17(18-23-9-10-30-18)16(20(26)27)12-22(24,21(28)29)11-13(2)3;1-10(2)8-20(19(28)29)9-12(18(26)27)15(16-23-5-6-30-16)24(20)17(25)11-3-4-13(21)14(22)7-11/h3-11,14,18,21H,12-13H2,1-2H3,(H,32,33)(H,34,35);5-10,13,16-17H,4,11-12H2,1-3H3,(H,26,27)(H,28,29);3-7,10,12,15H,8-9H2,1-2H3,(H,26,27)(H,28,29). The smallest absolute Gasteiger partial charge is 0.416 e. The molecule has 9 atom stereocenters. The number of fused-ring (bicyclic) bond motifs is 1. The Kier molecular flexibility index (Phi) is 22.3. The zero-order chi connectivity index (χ0) is 70.7. The molecule has 96 heavy (non-hydrogen) atoms. The number of halogens is 5. The summed E-state index contributed by atoms with van der Waals surface area (Å²) >= 11 is 14.5. The number of hydrogen-bond donors (Lipinski definition) is 6. The second kappa shape index (κ2) is 29.3. The van der Waals surface area contributed by atoms with Gasteiger partial charge in [-0.2, -0.15) is 13.2 Å². The number of furan rings is 1. The number of carboxylic acid groups (broad SMARTS) is 6. The number of aliphatic carboxylic acids is 6. The first kappa shape index (κ1) is 73.1. The number of aromatic nitrogens is 2. The van der Waals surface area contributed by atoms with Crippen molar-refractivity contribution in [3.63, 3.8) is 0 Å². The van der Waals surface area contributed by atoms with Crippen molar-refractivity contribution in [1.29, 1.82) is 0 Å². The van der Waals surface area contributed by atoms with Crippen LogP contribution >= 0.6 is 45.9 Å². The minimum absolute atomic E-state index is 0.0517. The van der Waals surface area contributed by atoms with Crippen LogP contribution in [0.4, 0.5) is 13.2 Å². The van der Waals surface area contributed by atoms with Crippen LogP contribution in [0.5, 0.6) is 0 Å². The lowest BCUT2D eigenvalue weighted by Gasteiger charge is -2.38. The number of para-hydroxylation sites is 1. The van der Waals surface area contributed by atoms with E-state index in [0.717, 1.165) is 35.1 Å². The summed E-state index contributed by atoms with van der Waals surface area (Å²) in [7, 11) is 0. The Hall–Kier alpha value is -8.72. The molecular formula is C68H70Cl2F3N5O16S2. The number of aryl methyl sites for hydroxylation is 1. The number of benzene rings is 4. The molecule has 6 N–H and O–H groups in total. The zero-order valence-corrected chi connectivity index (χ0v) is 56.0. The number of rotatable bonds is 19. The minimum Gasteiger partial charge on any atom is -0.481 e.